The Morgan fingerprint density at radius 2 is 1.87 bits per heavy atom. The van der Waals surface area contributed by atoms with Crippen molar-refractivity contribution in [2.45, 2.75) is 33.1 Å². The third-order valence-electron chi connectivity index (χ3n) is 2.82. The SMILES string of the molecule is CCOC(=O)N1CCC(C(=O)CC)CC1. The number of hydrogen-bond donors (Lipinski definition) is 0. The van der Waals surface area contributed by atoms with Crippen molar-refractivity contribution in [3.63, 3.8) is 0 Å². The lowest BCUT2D eigenvalue weighted by Gasteiger charge is -2.30. The molecule has 0 atom stereocenters. The minimum atomic E-state index is -0.250. The number of piperidine rings is 1. The molecule has 0 N–H and O–H groups in total. The Kier molecular flexibility index (Phi) is 4.59. The lowest BCUT2D eigenvalue weighted by molar-refractivity contribution is -0.123. The normalized spacial score (nSPS) is 17.6. The zero-order chi connectivity index (χ0) is 11.3. The van der Waals surface area contributed by atoms with Gasteiger partial charge in [0.15, 0.2) is 0 Å². The number of carbonyl (C=O) groups excluding carboxylic acids is 2. The molecule has 4 nitrogen and oxygen atoms in total. The van der Waals surface area contributed by atoms with E-state index in [1.54, 1.807) is 11.8 Å². The predicted molar refractivity (Wildman–Crippen MR) is 56.6 cm³/mol. The fourth-order valence-electron chi connectivity index (χ4n) is 1.89. The van der Waals surface area contributed by atoms with Crippen LogP contribution in [0.15, 0.2) is 0 Å². The summed E-state index contributed by atoms with van der Waals surface area (Å²) in [7, 11) is 0. The first-order chi connectivity index (χ1) is 7.19. The van der Waals surface area contributed by atoms with Crippen LogP contribution in [0.4, 0.5) is 4.79 Å². The van der Waals surface area contributed by atoms with Gasteiger partial charge in [-0.25, -0.2) is 4.79 Å². The molecular weight excluding hydrogens is 194 g/mol. The third kappa shape index (κ3) is 3.22. The number of nitrogens with zero attached hydrogens (tertiary/aromatic N) is 1. The lowest BCUT2D eigenvalue weighted by Crippen LogP contribution is -2.40. The van der Waals surface area contributed by atoms with Gasteiger partial charge in [0.1, 0.15) is 5.78 Å². The highest BCUT2D eigenvalue weighted by atomic mass is 16.6. The van der Waals surface area contributed by atoms with E-state index in [4.69, 9.17) is 4.74 Å². The van der Waals surface area contributed by atoms with Gasteiger partial charge in [0.25, 0.3) is 0 Å². The number of Topliss-reactive ketones (excluding diaryl/α,β-unsaturated/α-hetero) is 1. The van der Waals surface area contributed by atoms with Crippen LogP contribution < -0.4 is 0 Å². The van der Waals surface area contributed by atoms with E-state index < -0.39 is 0 Å². The first kappa shape index (κ1) is 12.0. The highest BCUT2D eigenvalue weighted by Gasteiger charge is 2.26. The molecule has 1 aliphatic rings. The zero-order valence-electron chi connectivity index (χ0n) is 9.49. The van der Waals surface area contributed by atoms with Crippen molar-refractivity contribution in [1.82, 2.24) is 4.90 Å². The summed E-state index contributed by atoms with van der Waals surface area (Å²) in [4.78, 5) is 24.5. The van der Waals surface area contributed by atoms with Crippen molar-refractivity contribution < 1.29 is 14.3 Å². The summed E-state index contributed by atoms with van der Waals surface area (Å²) in [5.74, 6) is 0.471. The average molecular weight is 213 g/mol. The van der Waals surface area contributed by atoms with Gasteiger partial charge in [-0.05, 0) is 19.8 Å². The van der Waals surface area contributed by atoms with Crippen LogP contribution in [-0.2, 0) is 9.53 Å². The minimum Gasteiger partial charge on any atom is -0.450 e. The van der Waals surface area contributed by atoms with E-state index in [-0.39, 0.29) is 12.0 Å². The van der Waals surface area contributed by atoms with E-state index in [1.165, 1.54) is 0 Å². The highest BCUT2D eigenvalue weighted by molar-refractivity contribution is 5.81. The number of ketones is 1. The Bertz CT molecular complexity index is 232. The number of amides is 1. The van der Waals surface area contributed by atoms with Gasteiger partial charge in [-0.3, -0.25) is 4.79 Å². The molecule has 15 heavy (non-hydrogen) atoms. The maximum Gasteiger partial charge on any atom is 0.409 e. The second kappa shape index (κ2) is 5.73. The summed E-state index contributed by atoms with van der Waals surface area (Å²) < 4.78 is 4.91. The van der Waals surface area contributed by atoms with Crippen molar-refractivity contribution in [3.8, 4) is 0 Å². The molecule has 4 heteroatoms. The van der Waals surface area contributed by atoms with Crippen molar-refractivity contribution in [2.75, 3.05) is 19.7 Å². The topological polar surface area (TPSA) is 46.6 Å². The molecule has 0 aromatic carbocycles. The van der Waals surface area contributed by atoms with E-state index in [9.17, 15) is 9.59 Å². The van der Waals surface area contributed by atoms with Crippen LogP contribution >= 0.6 is 0 Å². The Labute approximate surface area is 90.6 Å². The van der Waals surface area contributed by atoms with Gasteiger partial charge in [-0.15, -0.1) is 0 Å². The summed E-state index contributed by atoms with van der Waals surface area (Å²) >= 11 is 0. The van der Waals surface area contributed by atoms with Gasteiger partial charge in [0, 0.05) is 25.4 Å². The molecule has 0 saturated carbocycles. The zero-order valence-corrected chi connectivity index (χ0v) is 9.49. The summed E-state index contributed by atoms with van der Waals surface area (Å²) in [5, 5.41) is 0. The molecular formula is C11H19NO3. The van der Waals surface area contributed by atoms with Gasteiger partial charge >= 0.3 is 6.09 Å². The molecule has 1 rings (SSSR count). The molecule has 1 heterocycles. The fourth-order valence-corrected chi connectivity index (χ4v) is 1.89. The monoisotopic (exact) mass is 213 g/mol. The standard InChI is InChI=1S/C11H19NO3/c1-3-10(13)9-5-7-12(8-6-9)11(14)15-4-2/h9H,3-8H2,1-2H3. The first-order valence-electron chi connectivity index (χ1n) is 5.63. The Balaban J connectivity index is 2.35. The van der Waals surface area contributed by atoms with Crippen molar-refractivity contribution in [3.05, 3.63) is 0 Å². The molecule has 0 spiro atoms. The number of rotatable bonds is 3. The molecule has 0 aromatic rings. The highest BCUT2D eigenvalue weighted by Crippen LogP contribution is 2.19. The fraction of sp³-hybridized carbons (Fsp3) is 0.818. The number of likely N-dealkylation sites (tertiary alicyclic amines) is 1. The lowest BCUT2D eigenvalue weighted by atomic mass is 9.91. The maximum absolute atomic E-state index is 11.4. The van der Waals surface area contributed by atoms with Gasteiger partial charge < -0.3 is 9.64 Å². The second-order valence-corrected chi connectivity index (χ2v) is 3.78. The molecule has 1 saturated heterocycles. The minimum absolute atomic E-state index is 0.153. The van der Waals surface area contributed by atoms with E-state index in [0.717, 1.165) is 12.8 Å². The summed E-state index contributed by atoms with van der Waals surface area (Å²) in [6.07, 6.45) is 1.92. The third-order valence-corrected chi connectivity index (χ3v) is 2.82. The van der Waals surface area contributed by atoms with Crippen molar-refractivity contribution in [1.29, 1.82) is 0 Å². The summed E-state index contributed by atoms with van der Waals surface area (Å²) in [5.41, 5.74) is 0. The van der Waals surface area contributed by atoms with Crippen LogP contribution in [-0.4, -0.2) is 36.5 Å². The second-order valence-electron chi connectivity index (χ2n) is 3.78. The van der Waals surface area contributed by atoms with Crippen LogP contribution in [0.25, 0.3) is 0 Å². The van der Waals surface area contributed by atoms with Crippen LogP contribution in [0.1, 0.15) is 33.1 Å². The van der Waals surface area contributed by atoms with Crippen LogP contribution in [0.2, 0.25) is 0 Å². The summed E-state index contributed by atoms with van der Waals surface area (Å²) in [6, 6.07) is 0. The Hall–Kier alpha value is -1.06. The molecule has 1 amide bonds. The van der Waals surface area contributed by atoms with Gasteiger partial charge in [0.05, 0.1) is 6.61 Å². The Morgan fingerprint density at radius 3 is 2.33 bits per heavy atom. The molecule has 0 aliphatic carbocycles. The van der Waals surface area contributed by atoms with Crippen molar-refractivity contribution in [2.24, 2.45) is 5.92 Å². The molecule has 1 aliphatic heterocycles. The number of hydrogen-bond acceptors (Lipinski definition) is 3. The largest absolute Gasteiger partial charge is 0.450 e. The van der Waals surface area contributed by atoms with Crippen LogP contribution in [0.3, 0.4) is 0 Å². The van der Waals surface area contributed by atoms with Gasteiger partial charge in [0.2, 0.25) is 0 Å². The number of ether oxygens (including phenoxy) is 1. The molecule has 1 fully saturated rings. The number of carbonyl (C=O) groups is 2. The molecule has 0 unspecified atom stereocenters. The van der Waals surface area contributed by atoms with Crippen molar-refractivity contribution >= 4 is 11.9 Å². The Morgan fingerprint density at radius 1 is 1.27 bits per heavy atom. The average Bonchev–Trinajstić information content (AvgIpc) is 2.28. The summed E-state index contributed by atoms with van der Waals surface area (Å²) in [6.45, 7) is 5.39. The molecule has 0 aromatic heterocycles. The first-order valence-corrected chi connectivity index (χ1v) is 5.63. The van der Waals surface area contributed by atoms with E-state index in [1.807, 2.05) is 6.92 Å². The predicted octanol–water partition coefficient (Wildman–Crippen LogP) is 1.83. The maximum atomic E-state index is 11.4. The van der Waals surface area contributed by atoms with Gasteiger partial charge in [-0.1, -0.05) is 6.92 Å². The van der Waals surface area contributed by atoms with Gasteiger partial charge in [-0.2, -0.15) is 0 Å². The molecule has 0 bridgehead atoms. The molecule has 0 radical (unpaired) electrons. The molecule has 86 valence electrons. The van der Waals surface area contributed by atoms with E-state index in [2.05, 4.69) is 0 Å². The van der Waals surface area contributed by atoms with Crippen LogP contribution in [0.5, 0.6) is 0 Å². The van der Waals surface area contributed by atoms with Crippen LogP contribution in [0, 0.1) is 5.92 Å². The smallest absolute Gasteiger partial charge is 0.409 e. The quantitative estimate of drug-likeness (QED) is 0.718. The van der Waals surface area contributed by atoms with E-state index >= 15 is 0 Å². The van der Waals surface area contributed by atoms with E-state index in [0.29, 0.717) is 31.9 Å².